The fourth-order valence-corrected chi connectivity index (χ4v) is 2.43. The van der Waals surface area contributed by atoms with Crippen LogP contribution in [0.3, 0.4) is 0 Å². The summed E-state index contributed by atoms with van der Waals surface area (Å²) in [7, 11) is 0. The lowest BCUT2D eigenvalue weighted by molar-refractivity contribution is -0.116. The number of nitrogens with one attached hydrogen (secondary N) is 2. The van der Waals surface area contributed by atoms with E-state index in [9.17, 15) is 9.59 Å². The highest BCUT2D eigenvalue weighted by atomic mass is 16.4. The summed E-state index contributed by atoms with van der Waals surface area (Å²) in [5.74, 6) is -0.336. The van der Waals surface area contributed by atoms with Crippen LogP contribution in [-0.2, 0) is 4.79 Å². The van der Waals surface area contributed by atoms with Crippen molar-refractivity contribution in [2.24, 2.45) is 5.92 Å². The highest BCUT2D eigenvalue weighted by Crippen LogP contribution is 2.18. The molecule has 5 nitrogen and oxygen atoms in total. The Morgan fingerprint density at radius 1 is 1.20 bits per heavy atom. The fourth-order valence-electron chi connectivity index (χ4n) is 2.43. The van der Waals surface area contributed by atoms with Crippen LogP contribution in [0.2, 0.25) is 0 Å². The Kier molecular flexibility index (Phi) is 5.12. The third kappa shape index (κ3) is 4.35. The molecule has 0 aromatic heterocycles. The number of rotatable bonds is 5. The van der Waals surface area contributed by atoms with Crippen LogP contribution in [0.25, 0.3) is 0 Å². The van der Waals surface area contributed by atoms with Gasteiger partial charge in [0.1, 0.15) is 0 Å². The first kappa shape index (κ1) is 14.5. The Morgan fingerprint density at radius 2 is 1.85 bits per heavy atom. The first-order valence-corrected chi connectivity index (χ1v) is 6.99. The minimum Gasteiger partial charge on any atom is -0.478 e. The van der Waals surface area contributed by atoms with Gasteiger partial charge in [-0.2, -0.15) is 0 Å². The van der Waals surface area contributed by atoms with Crippen LogP contribution >= 0.6 is 0 Å². The van der Waals surface area contributed by atoms with Crippen LogP contribution in [0.4, 0.5) is 5.69 Å². The third-order valence-corrected chi connectivity index (χ3v) is 3.65. The van der Waals surface area contributed by atoms with Crippen LogP contribution in [0.1, 0.15) is 36.0 Å². The molecule has 2 rings (SSSR count). The molecule has 3 N–H and O–H groups in total. The summed E-state index contributed by atoms with van der Waals surface area (Å²) in [4.78, 5) is 22.6. The normalized spacial score (nSPS) is 15.8. The molecular weight excluding hydrogens is 256 g/mol. The van der Waals surface area contributed by atoms with Crippen molar-refractivity contribution < 1.29 is 14.7 Å². The predicted molar refractivity (Wildman–Crippen MR) is 76.9 cm³/mol. The van der Waals surface area contributed by atoms with Crippen molar-refractivity contribution >= 4 is 17.6 Å². The summed E-state index contributed by atoms with van der Waals surface area (Å²) >= 11 is 0. The van der Waals surface area contributed by atoms with Crippen LogP contribution in [0.5, 0.6) is 0 Å². The lowest BCUT2D eigenvalue weighted by Gasteiger charge is -2.22. The van der Waals surface area contributed by atoms with Gasteiger partial charge in [-0.3, -0.25) is 4.79 Å². The molecule has 0 aliphatic carbocycles. The first-order chi connectivity index (χ1) is 9.65. The number of benzene rings is 1. The molecule has 1 saturated heterocycles. The van der Waals surface area contributed by atoms with E-state index in [0.717, 1.165) is 32.4 Å². The summed E-state index contributed by atoms with van der Waals surface area (Å²) in [6.45, 7) is 2.09. The molecule has 1 aliphatic rings. The van der Waals surface area contributed by atoms with Gasteiger partial charge in [-0.15, -0.1) is 0 Å². The molecule has 5 heteroatoms. The molecule has 1 aliphatic heterocycles. The van der Waals surface area contributed by atoms with Gasteiger partial charge in [0.15, 0.2) is 0 Å². The number of amides is 1. The Balaban J connectivity index is 1.77. The van der Waals surface area contributed by atoms with Crippen LogP contribution in [0, 0.1) is 5.92 Å². The van der Waals surface area contributed by atoms with E-state index in [1.165, 1.54) is 12.1 Å². The highest BCUT2D eigenvalue weighted by molar-refractivity contribution is 5.92. The standard InChI is InChI=1S/C15H20N2O3/c18-14(6-1-11-7-9-16-10-8-11)17-13-4-2-12(3-5-13)15(19)20/h2-5,11,16H,1,6-10H2,(H,17,18)(H,19,20). The average Bonchev–Trinajstić information content (AvgIpc) is 2.47. The van der Waals surface area contributed by atoms with E-state index in [1.54, 1.807) is 12.1 Å². The van der Waals surface area contributed by atoms with Crippen molar-refractivity contribution in [3.05, 3.63) is 29.8 Å². The maximum atomic E-state index is 11.8. The summed E-state index contributed by atoms with van der Waals surface area (Å²) in [6.07, 6.45) is 3.72. The number of piperidine rings is 1. The third-order valence-electron chi connectivity index (χ3n) is 3.65. The van der Waals surface area contributed by atoms with Crippen molar-refractivity contribution in [3.63, 3.8) is 0 Å². The number of hydrogen-bond acceptors (Lipinski definition) is 3. The summed E-state index contributed by atoms with van der Waals surface area (Å²) in [5.41, 5.74) is 0.864. The largest absolute Gasteiger partial charge is 0.478 e. The predicted octanol–water partition coefficient (Wildman–Crippen LogP) is 2.10. The highest BCUT2D eigenvalue weighted by Gasteiger charge is 2.14. The van der Waals surface area contributed by atoms with E-state index in [0.29, 0.717) is 18.0 Å². The van der Waals surface area contributed by atoms with Crippen molar-refractivity contribution in [2.45, 2.75) is 25.7 Å². The SMILES string of the molecule is O=C(CCC1CCNCC1)Nc1ccc(C(=O)O)cc1. The lowest BCUT2D eigenvalue weighted by Crippen LogP contribution is -2.28. The molecule has 108 valence electrons. The molecule has 1 fully saturated rings. The number of carboxylic acids is 1. The number of carbonyl (C=O) groups is 2. The van der Waals surface area contributed by atoms with Gasteiger partial charge >= 0.3 is 5.97 Å². The second kappa shape index (κ2) is 7.05. The number of carboxylic acid groups (broad SMARTS) is 1. The molecular formula is C15H20N2O3. The van der Waals surface area contributed by atoms with Gasteiger partial charge in [0.25, 0.3) is 0 Å². The Bertz CT molecular complexity index is 465. The molecule has 20 heavy (non-hydrogen) atoms. The van der Waals surface area contributed by atoms with Crippen molar-refractivity contribution in [3.8, 4) is 0 Å². The van der Waals surface area contributed by atoms with E-state index in [2.05, 4.69) is 10.6 Å². The second-order valence-electron chi connectivity index (χ2n) is 5.16. The quantitative estimate of drug-likeness (QED) is 0.769. The lowest BCUT2D eigenvalue weighted by atomic mass is 9.93. The molecule has 1 amide bonds. The smallest absolute Gasteiger partial charge is 0.335 e. The van der Waals surface area contributed by atoms with Crippen molar-refractivity contribution in [1.82, 2.24) is 5.32 Å². The number of hydrogen-bond donors (Lipinski definition) is 3. The summed E-state index contributed by atoms with van der Waals surface area (Å²) in [6, 6.07) is 6.22. The molecule has 0 unspecified atom stereocenters. The van der Waals surface area contributed by atoms with Crippen LogP contribution < -0.4 is 10.6 Å². The topological polar surface area (TPSA) is 78.4 Å². The van der Waals surface area contributed by atoms with E-state index in [-0.39, 0.29) is 11.5 Å². The molecule has 0 saturated carbocycles. The fraction of sp³-hybridized carbons (Fsp3) is 0.467. The van der Waals surface area contributed by atoms with Gasteiger partial charge < -0.3 is 15.7 Å². The van der Waals surface area contributed by atoms with E-state index in [4.69, 9.17) is 5.11 Å². The van der Waals surface area contributed by atoms with Crippen LogP contribution in [0.15, 0.2) is 24.3 Å². The van der Waals surface area contributed by atoms with Gasteiger partial charge in [-0.05, 0) is 62.5 Å². The molecule has 1 aromatic carbocycles. The monoisotopic (exact) mass is 276 g/mol. The number of aromatic carboxylic acids is 1. The van der Waals surface area contributed by atoms with Gasteiger partial charge in [0.2, 0.25) is 5.91 Å². The molecule has 1 heterocycles. The minimum atomic E-state index is -0.964. The van der Waals surface area contributed by atoms with E-state index in [1.807, 2.05) is 0 Å². The zero-order chi connectivity index (χ0) is 14.4. The Labute approximate surface area is 118 Å². The van der Waals surface area contributed by atoms with E-state index >= 15 is 0 Å². The molecule has 0 spiro atoms. The van der Waals surface area contributed by atoms with Crippen molar-refractivity contribution in [1.29, 1.82) is 0 Å². The maximum Gasteiger partial charge on any atom is 0.335 e. The zero-order valence-corrected chi connectivity index (χ0v) is 11.4. The van der Waals surface area contributed by atoms with Gasteiger partial charge in [0, 0.05) is 12.1 Å². The first-order valence-electron chi connectivity index (χ1n) is 6.99. The zero-order valence-electron chi connectivity index (χ0n) is 11.4. The molecule has 0 atom stereocenters. The number of carbonyl (C=O) groups excluding carboxylic acids is 1. The molecule has 1 aromatic rings. The average molecular weight is 276 g/mol. The van der Waals surface area contributed by atoms with Crippen LogP contribution in [-0.4, -0.2) is 30.1 Å². The maximum absolute atomic E-state index is 11.8. The van der Waals surface area contributed by atoms with E-state index < -0.39 is 5.97 Å². The summed E-state index contributed by atoms with van der Waals surface area (Å²) < 4.78 is 0. The second-order valence-corrected chi connectivity index (χ2v) is 5.16. The molecule has 0 radical (unpaired) electrons. The Morgan fingerprint density at radius 3 is 2.45 bits per heavy atom. The number of anilines is 1. The minimum absolute atomic E-state index is 0.00777. The van der Waals surface area contributed by atoms with Gasteiger partial charge in [0.05, 0.1) is 5.56 Å². The van der Waals surface area contributed by atoms with Gasteiger partial charge in [-0.25, -0.2) is 4.79 Å². The Hall–Kier alpha value is -1.88. The molecule has 0 bridgehead atoms. The van der Waals surface area contributed by atoms with Gasteiger partial charge in [-0.1, -0.05) is 0 Å². The summed E-state index contributed by atoms with van der Waals surface area (Å²) in [5, 5.41) is 14.9. The van der Waals surface area contributed by atoms with Crippen molar-refractivity contribution in [2.75, 3.05) is 18.4 Å².